The van der Waals surface area contributed by atoms with Gasteiger partial charge < -0.3 is 5.32 Å². The van der Waals surface area contributed by atoms with Gasteiger partial charge in [0.25, 0.3) is 0 Å². The van der Waals surface area contributed by atoms with Crippen LogP contribution < -0.4 is 5.32 Å². The summed E-state index contributed by atoms with van der Waals surface area (Å²) in [6.45, 7) is 3.25. The highest BCUT2D eigenvalue weighted by Crippen LogP contribution is 2.26. The van der Waals surface area contributed by atoms with E-state index in [1.165, 1.54) is 5.56 Å². The largest absolute Gasteiger partial charge is 0.365 e. The Morgan fingerprint density at radius 1 is 1.12 bits per heavy atom. The van der Waals surface area contributed by atoms with Crippen LogP contribution in [0.15, 0.2) is 48.5 Å². The standard InChI is InChI=1S/C19H21ClN4/c20-15-6-7-18-17(12-15)19(23-22-18)21-16-8-10-24(11-9-16)13-14-4-2-1-3-5-14/h1-7,12,16H,8-11,13H2,(H2,21,22,23). The monoisotopic (exact) mass is 340 g/mol. The van der Waals surface area contributed by atoms with Gasteiger partial charge in [0.05, 0.1) is 5.52 Å². The Bertz CT molecular complexity index is 807. The van der Waals surface area contributed by atoms with Crippen molar-refractivity contribution in [1.82, 2.24) is 15.1 Å². The Morgan fingerprint density at radius 2 is 1.92 bits per heavy atom. The summed E-state index contributed by atoms with van der Waals surface area (Å²) in [4.78, 5) is 2.52. The molecule has 1 aliphatic heterocycles. The molecule has 0 aliphatic carbocycles. The van der Waals surface area contributed by atoms with E-state index in [0.29, 0.717) is 6.04 Å². The lowest BCUT2D eigenvalue weighted by Gasteiger charge is -2.32. The van der Waals surface area contributed by atoms with Gasteiger partial charge in [-0.25, -0.2) is 0 Å². The second-order valence-electron chi connectivity index (χ2n) is 6.44. The zero-order chi connectivity index (χ0) is 16.4. The fraction of sp³-hybridized carbons (Fsp3) is 0.316. The maximum absolute atomic E-state index is 6.11. The summed E-state index contributed by atoms with van der Waals surface area (Å²) in [5.74, 6) is 0.911. The van der Waals surface area contributed by atoms with Crippen LogP contribution in [0.4, 0.5) is 5.82 Å². The Morgan fingerprint density at radius 3 is 2.71 bits per heavy atom. The van der Waals surface area contributed by atoms with E-state index in [9.17, 15) is 0 Å². The highest BCUT2D eigenvalue weighted by atomic mass is 35.5. The van der Waals surface area contributed by atoms with Gasteiger partial charge in [-0.2, -0.15) is 5.10 Å². The number of aromatic amines is 1. The third-order valence-electron chi connectivity index (χ3n) is 4.70. The molecule has 0 spiro atoms. The molecule has 2 aromatic carbocycles. The molecule has 0 atom stereocenters. The lowest BCUT2D eigenvalue weighted by atomic mass is 10.0. The molecule has 1 saturated heterocycles. The van der Waals surface area contributed by atoms with E-state index in [1.807, 2.05) is 18.2 Å². The van der Waals surface area contributed by atoms with Crippen molar-refractivity contribution in [2.24, 2.45) is 0 Å². The molecule has 24 heavy (non-hydrogen) atoms. The number of halogens is 1. The molecule has 0 bridgehead atoms. The Kier molecular flexibility index (Phi) is 4.41. The van der Waals surface area contributed by atoms with E-state index in [1.54, 1.807) is 0 Å². The van der Waals surface area contributed by atoms with Crippen molar-refractivity contribution >= 4 is 28.3 Å². The van der Waals surface area contributed by atoms with Crippen LogP contribution in [0.1, 0.15) is 18.4 Å². The number of hydrogen-bond acceptors (Lipinski definition) is 3. The minimum atomic E-state index is 0.461. The van der Waals surface area contributed by atoms with Crippen LogP contribution in [0.2, 0.25) is 5.02 Å². The summed E-state index contributed by atoms with van der Waals surface area (Å²) in [6.07, 6.45) is 2.25. The molecule has 5 heteroatoms. The summed E-state index contributed by atoms with van der Waals surface area (Å²) in [7, 11) is 0. The van der Waals surface area contributed by atoms with Crippen LogP contribution in [0.25, 0.3) is 10.9 Å². The maximum Gasteiger partial charge on any atom is 0.155 e. The molecular formula is C19H21ClN4. The summed E-state index contributed by atoms with van der Waals surface area (Å²) in [5, 5.41) is 12.9. The quantitative estimate of drug-likeness (QED) is 0.744. The Labute approximate surface area is 146 Å². The number of anilines is 1. The number of aromatic nitrogens is 2. The second kappa shape index (κ2) is 6.83. The van der Waals surface area contributed by atoms with E-state index in [0.717, 1.165) is 54.2 Å². The van der Waals surface area contributed by atoms with Crippen LogP contribution in [0, 0.1) is 0 Å². The molecule has 0 unspecified atom stereocenters. The summed E-state index contributed by atoms with van der Waals surface area (Å²) >= 11 is 6.11. The molecule has 2 N–H and O–H groups in total. The molecule has 4 rings (SSSR count). The average molecular weight is 341 g/mol. The van der Waals surface area contributed by atoms with Gasteiger partial charge in [-0.15, -0.1) is 0 Å². The van der Waals surface area contributed by atoms with E-state index in [-0.39, 0.29) is 0 Å². The highest BCUT2D eigenvalue weighted by molar-refractivity contribution is 6.31. The topological polar surface area (TPSA) is 44.0 Å². The van der Waals surface area contributed by atoms with Crippen molar-refractivity contribution in [1.29, 1.82) is 0 Å². The number of piperidine rings is 1. The van der Waals surface area contributed by atoms with Gasteiger partial charge in [0.1, 0.15) is 0 Å². The number of rotatable bonds is 4. The highest BCUT2D eigenvalue weighted by Gasteiger charge is 2.20. The minimum absolute atomic E-state index is 0.461. The summed E-state index contributed by atoms with van der Waals surface area (Å²) in [6, 6.07) is 17.0. The van der Waals surface area contributed by atoms with Crippen molar-refractivity contribution in [2.75, 3.05) is 18.4 Å². The van der Waals surface area contributed by atoms with Gasteiger partial charge in [0, 0.05) is 36.1 Å². The van der Waals surface area contributed by atoms with Gasteiger partial charge in [0.15, 0.2) is 5.82 Å². The van der Waals surface area contributed by atoms with Crippen molar-refractivity contribution in [2.45, 2.75) is 25.4 Å². The predicted molar refractivity (Wildman–Crippen MR) is 99.5 cm³/mol. The third kappa shape index (κ3) is 3.40. The van der Waals surface area contributed by atoms with E-state index in [2.05, 4.69) is 50.7 Å². The third-order valence-corrected chi connectivity index (χ3v) is 4.94. The van der Waals surface area contributed by atoms with Crippen LogP contribution >= 0.6 is 11.6 Å². The first kappa shape index (κ1) is 15.5. The number of hydrogen-bond donors (Lipinski definition) is 2. The molecule has 0 radical (unpaired) electrons. The summed E-state index contributed by atoms with van der Waals surface area (Å²) in [5.41, 5.74) is 2.40. The zero-order valence-electron chi connectivity index (χ0n) is 13.5. The van der Waals surface area contributed by atoms with Crippen molar-refractivity contribution < 1.29 is 0 Å². The molecule has 0 saturated carbocycles. The molecule has 124 valence electrons. The number of nitrogens with zero attached hydrogens (tertiary/aromatic N) is 2. The van der Waals surface area contributed by atoms with E-state index < -0.39 is 0 Å². The first-order valence-corrected chi connectivity index (χ1v) is 8.82. The lowest BCUT2D eigenvalue weighted by Crippen LogP contribution is -2.38. The SMILES string of the molecule is Clc1ccc2[nH]nc(NC3CCN(Cc4ccccc4)CC3)c2c1. The average Bonchev–Trinajstić information content (AvgIpc) is 3.00. The van der Waals surface area contributed by atoms with Gasteiger partial charge in [-0.05, 0) is 36.6 Å². The number of likely N-dealkylation sites (tertiary alicyclic amines) is 1. The first-order chi connectivity index (χ1) is 11.8. The van der Waals surface area contributed by atoms with Crippen molar-refractivity contribution in [3.8, 4) is 0 Å². The molecule has 1 aliphatic rings. The molecule has 1 aromatic heterocycles. The van der Waals surface area contributed by atoms with Crippen LogP contribution in [0.3, 0.4) is 0 Å². The maximum atomic E-state index is 6.11. The summed E-state index contributed by atoms with van der Waals surface area (Å²) < 4.78 is 0. The molecular weight excluding hydrogens is 320 g/mol. The molecule has 1 fully saturated rings. The van der Waals surface area contributed by atoms with Gasteiger partial charge in [-0.3, -0.25) is 10.00 Å². The zero-order valence-corrected chi connectivity index (χ0v) is 14.3. The van der Waals surface area contributed by atoms with Gasteiger partial charge in [-0.1, -0.05) is 41.9 Å². The van der Waals surface area contributed by atoms with Crippen LogP contribution in [0.5, 0.6) is 0 Å². The smallest absolute Gasteiger partial charge is 0.155 e. The number of H-pyrrole nitrogens is 1. The van der Waals surface area contributed by atoms with Gasteiger partial charge in [0.2, 0.25) is 0 Å². The Hall–Kier alpha value is -2.04. The number of fused-ring (bicyclic) bond motifs is 1. The fourth-order valence-electron chi connectivity index (χ4n) is 3.37. The van der Waals surface area contributed by atoms with Crippen LogP contribution in [-0.4, -0.2) is 34.2 Å². The minimum Gasteiger partial charge on any atom is -0.365 e. The molecule has 0 amide bonds. The number of nitrogens with one attached hydrogen (secondary N) is 2. The lowest BCUT2D eigenvalue weighted by molar-refractivity contribution is 0.211. The van der Waals surface area contributed by atoms with Crippen molar-refractivity contribution in [3.63, 3.8) is 0 Å². The molecule has 2 heterocycles. The van der Waals surface area contributed by atoms with E-state index in [4.69, 9.17) is 11.6 Å². The molecule has 4 nitrogen and oxygen atoms in total. The first-order valence-electron chi connectivity index (χ1n) is 8.44. The Balaban J connectivity index is 1.36. The van der Waals surface area contributed by atoms with Crippen LogP contribution in [-0.2, 0) is 6.54 Å². The normalized spacial score (nSPS) is 16.5. The van der Waals surface area contributed by atoms with Gasteiger partial charge >= 0.3 is 0 Å². The second-order valence-corrected chi connectivity index (χ2v) is 6.88. The molecule has 3 aromatic rings. The van der Waals surface area contributed by atoms with Crippen molar-refractivity contribution in [3.05, 3.63) is 59.1 Å². The number of benzene rings is 2. The van der Waals surface area contributed by atoms with E-state index >= 15 is 0 Å². The predicted octanol–water partition coefficient (Wildman–Crippen LogP) is 4.29. The fourth-order valence-corrected chi connectivity index (χ4v) is 3.54.